The first kappa shape index (κ1) is 13.9. The highest BCUT2D eigenvalue weighted by Crippen LogP contribution is 2.26. The lowest BCUT2D eigenvalue weighted by atomic mass is 10.0. The molecule has 0 saturated carbocycles. The number of pyridine rings is 2. The van der Waals surface area contributed by atoms with Crippen molar-refractivity contribution in [2.75, 3.05) is 0 Å². The molecule has 0 saturated heterocycles. The molecule has 0 spiro atoms. The molecule has 0 unspecified atom stereocenters. The maximum Gasteiger partial charge on any atom is 0.197 e. The number of fused-ring (bicyclic) bond motifs is 4. The molecule has 0 aliphatic heterocycles. The Hall–Kier alpha value is -2.47. The van der Waals surface area contributed by atoms with Crippen molar-refractivity contribution >= 4 is 60.7 Å². The predicted octanol–water partition coefficient (Wildman–Crippen LogP) is 4.16. The van der Waals surface area contributed by atoms with Crippen LogP contribution in [-0.4, -0.2) is 4.40 Å². The fourth-order valence-corrected chi connectivity index (χ4v) is 4.05. The SMILES string of the molecule is O=c1c2ccccc2n2c3ccc(I)cc3c(=O)c3cccc1c32. The standard InChI is InChI=1S/C20H10INO2/c21-11-8-9-17-15(10-11)20(24)14-6-3-5-13-18(14)22(17)16-7-2-1-4-12(16)19(13)23/h1-10H. The van der Waals surface area contributed by atoms with E-state index in [0.717, 1.165) is 14.6 Å². The second kappa shape index (κ2) is 4.77. The molecule has 5 rings (SSSR count). The molecule has 0 N–H and O–H groups in total. The summed E-state index contributed by atoms with van der Waals surface area (Å²) in [7, 11) is 0. The Morgan fingerprint density at radius 2 is 1.29 bits per heavy atom. The van der Waals surface area contributed by atoms with Crippen molar-refractivity contribution in [3.05, 3.63) is 84.7 Å². The first-order valence-corrected chi connectivity index (χ1v) is 8.66. The molecule has 5 aromatic rings. The van der Waals surface area contributed by atoms with E-state index in [4.69, 9.17) is 0 Å². The van der Waals surface area contributed by atoms with Crippen LogP contribution >= 0.6 is 22.6 Å². The zero-order chi connectivity index (χ0) is 16.4. The van der Waals surface area contributed by atoms with Gasteiger partial charge in [0.2, 0.25) is 0 Å². The highest BCUT2D eigenvalue weighted by atomic mass is 127. The van der Waals surface area contributed by atoms with Crippen LogP contribution in [0.3, 0.4) is 0 Å². The van der Waals surface area contributed by atoms with Crippen LogP contribution < -0.4 is 10.9 Å². The Balaban J connectivity index is 2.33. The summed E-state index contributed by atoms with van der Waals surface area (Å²) in [5, 5.41) is 2.52. The largest absolute Gasteiger partial charge is 0.308 e. The summed E-state index contributed by atoms with van der Waals surface area (Å²) in [6.07, 6.45) is 0. The van der Waals surface area contributed by atoms with Gasteiger partial charge in [-0.25, -0.2) is 0 Å². The van der Waals surface area contributed by atoms with E-state index in [-0.39, 0.29) is 10.9 Å². The Kier molecular flexibility index (Phi) is 2.77. The van der Waals surface area contributed by atoms with E-state index < -0.39 is 0 Å². The van der Waals surface area contributed by atoms with Gasteiger partial charge in [-0.3, -0.25) is 9.59 Å². The lowest BCUT2D eigenvalue weighted by Gasteiger charge is -2.14. The van der Waals surface area contributed by atoms with E-state index >= 15 is 0 Å². The molecule has 3 aromatic carbocycles. The average Bonchev–Trinajstić information content (AvgIpc) is 2.61. The quantitative estimate of drug-likeness (QED) is 0.213. The average molecular weight is 423 g/mol. The molecule has 0 aliphatic rings. The summed E-state index contributed by atoms with van der Waals surface area (Å²) in [6.45, 7) is 0. The molecular formula is C20H10INO2. The van der Waals surface area contributed by atoms with Gasteiger partial charge in [-0.05, 0) is 65.1 Å². The number of halogens is 1. The number of rotatable bonds is 0. The van der Waals surface area contributed by atoms with E-state index in [1.54, 1.807) is 18.2 Å². The number of benzene rings is 3. The Bertz CT molecular complexity index is 1400. The minimum atomic E-state index is -0.0274. The van der Waals surface area contributed by atoms with Crippen LogP contribution in [-0.2, 0) is 0 Å². The van der Waals surface area contributed by atoms with E-state index in [1.807, 2.05) is 46.9 Å². The van der Waals surface area contributed by atoms with Crippen molar-refractivity contribution in [1.82, 2.24) is 4.40 Å². The fourth-order valence-electron chi connectivity index (χ4n) is 3.56. The summed E-state index contributed by atoms with van der Waals surface area (Å²) < 4.78 is 3.06. The van der Waals surface area contributed by atoms with Crippen molar-refractivity contribution in [3.63, 3.8) is 0 Å². The van der Waals surface area contributed by atoms with Gasteiger partial charge in [0.05, 0.1) is 16.6 Å². The van der Waals surface area contributed by atoms with Crippen molar-refractivity contribution in [3.8, 4) is 0 Å². The molecule has 0 bridgehead atoms. The van der Waals surface area contributed by atoms with Crippen LogP contribution in [0.1, 0.15) is 0 Å². The zero-order valence-corrected chi connectivity index (χ0v) is 14.6. The molecule has 24 heavy (non-hydrogen) atoms. The fraction of sp³-hybridized carbons (Fsp3) is 0. The first-order valence-electron chi connectivity index (χ1n) is 7.58. The lowest BCUT2D eigenvalue weighted by molar-refractivity contribution is 1.31. The monoisotopic (exact) mass is 423 g/mol. The lowest BCUT2D eigenvalue weighted by Crippen LogP contribution is -2.14. The second-order valence-electron chi connectivity index (χ2n) is 5.87. The molecule has 0 aliphatic carbocycles. The minimum absolute atomic E-state index is 0.0243. The molecule has 2 heterocycles. The number of nitrogens with zero attached hydrogens (tertiary/aromatic N) is 1. The summed E-state index contributed by atoms with van der Waals surface area (Å²) in [5.74, 6) is 0. The van der Waals surface area contributed by atoms with Crippen molar-refractivity contribution in [2.45, 2.75) is 0 Å². The maximum atomic E-state index is 13.0. The van der Waals surface area contributed by atoms with Gasteiger partial charge < -0.3 is 4.40 Å². The van der Waals surface area contributed by atoms with Crippen LogP contribution in [0.25, 0.3) is 38.1 Å². The van der Waals surface area contributed by atoms with E-state index in [1.165, 1.54) is 0 Å². The molecule has 0 amide bonds. The van der Waals surface area contributed by atoms with Gasteiger partial charge >= 0.3 is 0 Å². The van der Waals surface area contributed by atoms with Crippen molar-refractivity contribution < 1.29 is 0 Å². The van der Waals surface area contributed by atoms with Gasteiger partial charge in [-0.15, -0.1) is 0 Å². The Morgan fingerprint density at radius 3 is 2.08 bits per heavy atom. The number of para-hydroxylation sites is 2. The predicted molar refractivity (Wildman–Crippen MR) is 106 cm³/mol. The van der Waals surface area contributed by atoms with Gasteiger partial charge in [0.1, 0.15) is 0 Å². The van der Waals surface area contributed by atoms with Crippen LogP contribution in [0.4, 0.5) is 0 Å². The third-order valence-corrected chi connectivity index (χ3v) is 5.25. The molecule has 2 aromatic heterocycles. The number of hydrogen-bond acceptors (Lipinski definition) is 2. The van der Waals surface area contributed by atoms with Gasteiger partial charge in [0.15, 0.2) is 10.9 Å². The molecule has 3 nitrogen and oxygen atoms in total. The number of hydrogen-bond donors (Lipinski definition) is 0. The maximum absolute atomic E-state index is 13.0. The third kappa shape index (κ3) is 1.66. The second-order valence-corrected chi connectivity index (χ2v) is 7.12. The Labute approximate surface area is 149 Å². The van der Waals surface area contributed by atoms with Crippen molar-refractivity contribution in [2.24, 2.45) is 0 Å². The van der Waals surface area contributed by atoms with Gasteiger partial charge in [0.25, 0.3) is 0 Å². The van der Waals surface area contributed by atoms with Crippen LogP contribution in [0, 0.1) is 3.57 Å². The first-order chi connectivity index (χ1) is 11.7. The highest BCUT2D eigenvalue weighted by molar-refractivity contribution is 14.1. The van der Waals surface area contributed by atoms with Gasteiger partial charge in [0, 0.05) is 25.1 Å². The topological polar surface area (TPSA) is 38.5 Å². The Morgan fingerprint density at radius 1 is 0.667 bits per heavy atom. The molecular weight excluding hydrogens is 413 g/mol. The molecule has 114 valence electrons. The summed E-state index contributed by atoms with van der Waals surface area (Å²) in [5.41, 5.74) is 2.32. The summed E-state index contributed by atoms with van der Waals surface area (Å²) in [6, 6.07) is 18.8. The normalized spacial score (nSPS) is 11.9. The zero-order valence-electron chi connectivity index (χ0n) is 12.4. The van der Waals surface area contributed by atoms with E-state index in [0.29, 0.717) is 27.1 Å². The van der Waals surface area contributed by atoms with Crippen LogP contribution in [0.5, 0.6) is 0 Å². The van der Waals surface area contributed by atoms with E-state index in [2.05, 4.69) is 22.6 Å². The van der Waals surface area contributed by atoms with Gasteiger partial charge in [-0.2, -0.15) is 0 Å². The third-order valence-electron chi connectivity index (χ3n) is 4.58. The minimum Gasteiger partial charge on any atom is -0.308 e. The highest BCUT2D eigenvalue weighted by Gasteiger charge is 2.16. The molecule has 0 atom stereocenters. The van der Waals surface area contributed by atoms with E-state index in [9.17, 15) is 9.59 Å². The molecule has 0 fully saturated rings. The van der Waals surface area contributed by atoms with Gasteiger partial charge in [-0.1, -0.05) is 18.2 Å². The van der Waals surface area contributed by atoms with Crippen LogP contribution in [0.15, 0.2) is 70.3 Å². The number of aromatic nitrogens is 1. The summed E-state index contributed by atoms with van der Waals surface area (Å²) in [4.78, 5) is 25.9. The summed E-state index contributed by atoms with van der Waals surface area (Å²) >= 11 is 2.21. The van der Waals surface area contributed by atoms with Crippen molar-refractivity contribution in [1.29, 1.82) is 0 Å². The molecule has 0 radical (unpaired) electrons. The van der Waals surface area contributed by atoms with Crippen LogP contribution in [0.2, 0.25) is 0 Å². The smallest absolute Gasteiger partial charge is 0.197 e. The molecule has 4 heteroatoms.